The molecule has 0 radical (unpaired) electrons. The Balaban J connectivity index is 1.33. The molecule has 2 N–H and O–H groups in total. The first-order valence-electron chi connectivity index (χ1n) is 8.72. The predicted octanol–water partition coefficient (Wildman–Crippen LogP) is 1.42. The molecule has 2 amide bonds. The number of hydrogen-bond acceptors (Lipinski definition) is 3. The third kappa shape index (κ3) is 5.49. The Morgan fingerprint density at radius 2 is 1.96 bits per heavy atom. The van der Waals surface area contributed by atoms with Crippen LogP contribution in [0.3, 0.4) is 0 Å². The fourth-order valence-corrected chi connectivity index (χ4v) is 3.02. The molecule has 0 aromatic heterocycles. The molecule has 1 aliphatic carbocycles. The molecule has 5 nitrogen and oxygen atoms in total. The normalized spacial score (nSPS) is 21.1. The van der Waals surface area contributed by atoms with E-state index in [1.807, 2.05) is 30.3 Å². The summed E-state index contributed by atoms with van der Waals surface area (Å²) in [6.07, 6.45) is 6.90. The highest BCUT2D eigenvalue weighted by atomic mass is 16.2. The van der Waals surface area contributed by atoms with E-state index in [2.05, 4.69) is 15.5 Å². The highest BCUT2D eigenvalue weighted by Crippen LogP contribution is 2.30. The van der Waals surface area contributed by atoms with Crippen molar-refractivity contribution in [3.63, 3.8) is 0 Å². The minimum atomic E-state index is -0.254. The summed E-state index contributed by atoms with van der Waals surface area (Å²) in [6, 6.07) is 9.82. The molecular weight excluding hydrogens is 302 g/mol. The van der Waals surface area contributed by atoms with Crippen molar-refractivity contribution < 1.29 is 9.59 Å². The summed E-state index contributed by atoms with van der Waals surface area (Å²) in [5, 5.41) is 5.64. The van der Waals surface area contributed by atoms with Crippen LogP contribution in [-0.2, 0) is 9.59 Å². The lowest BCUT2D eigenvalue weighted by Gasteiger charge is -2.16. The van der Waals surface area contributed by atoms with Gasteiger partial charge in [-0.15, -0.1) is 0 Å². The molecule has 1 aromatic carbocycles. The van der Waals surface area contributed by atoms with Crippen LogP contribution in [0.25, 0.3) is 6.08 Å². The quantitative estimate of drug-likeness (QED) is 0.745. The Bertz CT molecular complexity index is 596. The molecule has 1 heterocycles. The van der Waals surface area contributed by atoms with Crippen LogP contribution in [-0.4, -0.2) is 48.9 Å². The average Bonchev–Trinajstić information content (AvgIpc) is 3.30. The Hall–Kier alpha value is -2.14. The van der Waals surface area contributed by atoms with Crippen molar-refractivity contribution in [2.75, 3.05) is 26.2 Å². The van der Waals surface area contributed by atoms with Crippen LogP contribution in [0.1, 0.15) is 24.8 Å². The van der Waals surface area contributed by atoms with E-state index in [1.165, 1.54) is 25.5 Å². The zero-order valence-corrected chi connectivity index (χ0v) is 13.9. The van der Waals surface area contributed by atoms with Crippen LogP contribution in [0, 0.1) is 5.92 Å². The fraction of sp³-hybridized carbons (Fsp3) is 0.474. The van der Waals surface area contributed by atoms with E-state index in [0.29, 0.717) is 0 Å². The van der Waals surface area contributed by atoms with Crippen molar-refractivity contribution in [2.24, 2.45) is 5.92 Å². The lowest BCUT2D eigenvalue weighted by molar-refractivity contribution is -0.124. The van der Waals surface area contributed by atoms with Gasteiger partial charge in [-0.2, -0.15) is 0 Å². The highest BCUT2D eigenvalue weighted by molar-refractivity contribution is 5.94. The number of amides is 2. The number of benzene rings is 1. The van der Waals surface area contributed by atoms with Gasteiger partial charge in [-0.1, -0.05) is 30.3 Å². The van der Waals surface area contributed by atoms with Crippen molar-refractivity contribution in [3.8, 4) is 0 Å². The topological polar surface area (TPSA) is 61.4 Å². The summed E-state index contributed by atoms with van der Waals surface area (Å²) >= 11 is 0. The molecule has 0 bridgehead atoms. The third-order valence-corrected chi connectivity index (χ3v) is 4.50. The maximum Gasteiger partial charge on any atom is 0.244 e. The van der Waals surface area contributed by atoms with E-state index in [-0.39, 0.29) is 24.4 Å². The van der Waals surface area contributed by atoms with Gasteiger partial charge >= 0.3 is 0 Å². The molecule has 0 unspecified atom stereocenters. The second-order valence-corrected chi connectivity index (χ2v) is 6.72. The highest BCUT2D eigenvalue weighted by Gasteiger charge is 2.29. The minimum Gasteiger partial charge on any atom is -0.350 e. The van der Waals surface area contributed by atoms with E-state index in [9.17, 15) is 9.59 Å². The van der Waals surface area contributed by atoms with Crippen molar-refractivity contribution in [2.45, 2.75) is 25.3 Å². The molecule has 0 spiro atoms. The van der Waals surface area contributed by atoms with Gasteiger partial charge < -0.3 is 15.5 Å². The van der Waals surface area contributed by atoms with E-state index >= 15 is 0 Å². The first-order chi connectivity index (χ1) is 11.7. The zero-order chi connectivity index (χ0) is 16.8. The monoisotopic (exact) mass is 327 g/mol. The Morgan fingerprint density at radius 1 is 1.17 bits per heavy atom. The molecule has 2 fully saturated rings. The number of carbonyl (C=O) groups excluding carboxylic acids is 2. The van der Waals surface area contributed by atoms with Crippen LogP contribution >= 0.6 is 0 Å². The summed E-state index contributed by atoms with van der Waals surface area (Å²) in [7, 11) is 0. The van der Waals surface area contributed by atoms with Gasteiger partial charge in [0.2, 0.25) is 11.8 Å². The van der Waals surface area contributed by atoms with Crippen LogP contribution in [0.5, 0.6) is 0 Å². The molecule has 1 atom stereocenters. The van der Waals surface area contributed by atoms with Crippen LogP contribution < -0.4 is 10.6 Å². The zero-order valence-electron chi connectivity index (χ0n) is 13.9. The summed E-state index contributed by atoms with van der Waals surface area (Å²) in [5.74, 6) is 0.514. The SMILES string of the molecule is O=C(/C=C\c1ccccc1)NCC(=O)N[C@@H]1CCN(CC2CC2)C1. The van der Waals surface area contributed by atoms with Gasteiger partial charge in [0.05, 0.1) is 6.54 Å². The standard InChI is InChI=1S/C19H25N3O2/c23-18(9-8-15-4-2-1-3-5-15)20-12-19(24)21-17-10-11-22(14-17)13-16-6-7-16/h1-5,8-9,16-17H,6-7,10-14H2,(H,20,23)(H,21,24)/b9-8-/t17-/m1/s1. The maximum atomic E-state index is 12.0. The summed E-state index contributed by atoms with van der Waals surface area (Å²) < 4.78 is 0. The van der Waals surface area contributed by atoms with Gasteiger partial charge in [0.1, 0.15) is 0 Å². The number of hydrogen-bond donors (Lipinski definition) is 2. The minimum absolute atomic E-state index is 0.0249. The molecule has 3 rings (SSSR count). The first kappa shape index (κ1) is 16.7. The molecular formula is C19H25N3O2. The number of likely N-dealkylation sites (tertiary alicyclic amines) is 1. The van der Waals surface area contributed by atoms with Crippen molar-refractivity contribution in [3.05, 3.63) is 42.0 Å². The molecule has 1 aliphatic heterocycles. The van der Waals surface area contributed by atoms with Gasteiger partial charge in [-0.25, -0.2) is 0 Å². The lowest BCUT2D eigenvalue weighted by Crippen LogP contribution is -2.42. The molecule has 128 valence electrons. The Kier molecular flexibility index (Phi) is 5.64. The lowest BCUT2D eigenvalue weighted by atomic mass is 10.2. The van der Waals surface area contributed by atoms with Crippen LogP contribution in [0.15, 0.2) is 36.4 Å². The van der Waals surface area contributed by atoms with Crippen molar-refractivity contribution >= 4 is 17.9 Å². The van der Waals surface area contributed by atoms with Crippen LogP contribution in [0.4, 0.5) is 0 Å². The van der Waals surface area contributed by atoms with Crippen molar-refractivity contribution in [1.82, 2.24) is 15.5 Å². The van der Waals surface area contributed by atoms with Gasteiger partial charge in [0.25, 0.3) is 0 Å². The van der Waals surface area contributed by atoms with Gasteiger partial charge in [-0.3, -0.25) is 9.59 Å². The largest absolute Gasteiger partial charge is 0.350 e. The molecule has 2 aliphatic rings. The molecule has 24 heavy (non-hydrogen) atoms. The van der Waals surface area contributed by atoms with Gasteiger partial charge in [-0.05, 0) is 36.8 Å². The summed E-state index contributed by atoms with van der Waals surface area (Å²) in [4.78, 5) is 26.1. The third-order valence-electron chi connectivity index (χ3n) is 4.50. The van der Waals surface area contributed by atoms with E-state index in [0.717, 1.165) is 31.0 Å². The first-order valence-corrected chi connectivity index (χ1v) is 8.72. The Labute approximate surface area is 143 Å². The second-order valence-electron chi connectivity index (χ2n) is 6.72. The maximum absolute atomic E-state index is 12.0. The predicted molar refractivity (Wildman–Crippen MR) is 94.2 cm³/mol. The number of carbonyl (C=O) groups is 2. The van der Waals surface area contributed by atoms with Gasteiger partial charge in [0, 0.05) is 31.8 Å². The Morgan fingerprint density at radius 3 is 2.71 bits per heavy atom. The van der Waals surface area contributed by atoms with Crippen molar-refractivity contribution in [1.29, 1.82) is 0 Å². The molecule has 1 saturated carbocycles. The number of rotatable bonds is 7. The summed E-state index contributed by atoms with van der Waals surface area (Å²) in [5.41, 5.74) is 0.957. The van der Waals surface area contributed by atoms with E-state index in [1.54, 1.807) is 6.08 Å². The smallest absolute Gasteiger partial charge is 0.244 e. The van der Waals surface area contributed by atoms with Gasteiger partial charge in [0.15, 0.2) is 0 Å². The fourth-order valence-electron chi connectivity index (χ4n) is 3.02. The number of nitrogens with zero attached hydrogens (tertiary/aromatic N) is 1. The molecule has 1 aromatic rings. The van der Waals surface area contributed by atoms with Crippen LogP contribution in [0.2, 0.25) is 0 Å². The average molecular weight is 327 g/mol. The van der Waals surface area contributed by atoms with E-state index in [4.69, 9.17) is 0 Å². The molecule has 1 saturated heterocycles. The summed E-state index contributed by atoms with van der Waals surface area (Å²) in [6.45, 7) is 3.20. The molecule has 5 heteroatoms. The van der Waals surface area contributed by atoms with E-state index < -0.39 is 0 Å². The second kappa shape index (κ2) is 8.11. The number of nitrogens with one attached hydrogen (secondary N) is 2.